The highest BCUT2D eigenvalue weighted by Gasteiger charge is 2.30. The zero-order chi connectivity index (χ0) is 21.1. The molecule has 0 atom stereocenters. The molecule has 9 nitrogen and oxygen atoms in total. The monoisotopic (exact) mass is 425 g/mol. The molecule has 0 unspecified atom stereocenters. The van der Waals surface area contributed by atoms with Crippen LogP contribution in [0.4, 0.5) is 17.2 Å². The number of carbonyl (C=O) groups excluding carboxylic acids is 1. The summed E-state index contributed by atoms with van der Waals surface area (Å²) in [5.41, 5.74) is 2.33. The molecule has 1 amide bonds. The van der Waals surface area contributed by atoms with Crippen LogP contribution < -0.4 is 20.1 Å². The van der Waals surface area contributed by atoms with Gasteiger partial charge in [-0.2, -0.15) is 5.10 Å². The van der Waals surface area contributed by atoms with E-state index in [0.29, 0.717) is 17.4 Å². The van der Waals surface area contributed by atoms with Crippen molar-refractivity contribution in [2.24, 2.45) is 13.0 Å². The van der Waals surface area contributed by atoms with Gasteiger partial charge in [0.2, 0.25) is 5.91 Å². The lowest BCUT2D eigenvalue weighted by atomic mass is 10.1. The summed E-state index contributed by atoms with van der Waals surface area (Å²) >= 11 is 1.43. The Bertz CT molecular complexity index is 1070. The minimum Gasteiger partial charge on any atom is -0.494 e. The van der Waals surface area contributed by atoms with Gasteiger partial charge in [0.25, 0.3) is 0 Å². The van der Waals surface area contributed by atoms with Crippen LogP contribution in [0, 0.1) is 5.92 Å². The number of amides is 1. The molecule has 2 heterocycles. The number of para-hydroxylation sites is 1. The smallest absolute Gasteiger partial charge is 0.228 e. The van der Waals surface area contributed by atoms with E-state index in [1.807, 2.05) is 38.4 Å². The summed E-state index contributed by atoms with van der Waals surface area (Å²) in [6.07, 6.45) is 5.25. The van der Waals surface area contributed by atoms with Crippen molar-refractivity contribution in [2.45, 2.75) is 17.7 Å². The van der Waals surface area contributed by atoms with Crippen molar-refractivity contribution in [1.82, 2.24) is 24.5 Å². The predicted octanol–water partition coefficient (Wildman–Crippen LogP) is 3.20. The molecule has 0 radical (unpaired) electrons. The third kappa shape index (κ3) is 4.39. The number of anilines is 3. The van der Waals surface area contributed by atoms with E-state index in [1.165, 1.54) is 11.9 Å². The van der Waals surface area contributed by atoms with Gasteiger partial charge in [-0.05, 0) is 44.0 Å². The maximum Gasteiger partial charge on any atom is 0.228 e. The first-order valence-corrected chi connectivity index (χ1v) is 10.3. The molecule has 10 heteroatoms. The summed E-state index contributed by atoms with van der Waals surface area (Å²) in [7, 11) is 5.27. The third-order valence-electron chi connectivity index (χ3n) is 4.61. The van der Waals surface area contributed by atoms with Crippen molar-refractivity contribution in [3.8, 4) is 17.1 Å². The fraction of sp³-hybridized carbons (Fsp3) is 0.300. The van der Waals surface area contributed by atoms with Crippen molar-refractivity contribution in [1.29, 1.82) is 0 Å². The zero-order valence-corrected chi connectivity index (χ0v) is 17.8. The molecule has 0 bridgehead atoms. The maximum atomic E-state index is 12.1. The number of ether oxygens (including phenoxy) is 1. The lowest BCUT2D eigenvalue weighted by Crippen LogP contribution is -2.14. The molecule has 1 aromatic carbocycles. The van der Waals surface area contributed by atoms with Gasteiger partial charge < -0.3 is 15.4 Å². The average molecular weight is 426 g/mol. The number of rotatable bonds is 8. The third-order valence-corrected chi connectivity index (χ3v) is 5.36. The normalized spacial score (nSPS) is 13.2. The Morgan fingerprint density at radius 1 is 1.27 bits per heavy atom. The van der Waals surface area contributed by atoms with E-state index in [1.54, 1.807) is 24.3 Å². The standard InChI is InChI=1S/C20H23N7O2S/c1-21-30-16-10-22-17(25-20(28)12-7-8-12)9-15(16)24-14-6-4-5-13(18(14)29-3)19-23-11-27(2)26-19/h4-6,9-12,21H,7-8H2,1-3H3,(H2,22,24,25,28). The molecular formula is C20H23N7O2S. The van der Waals surface area contributed by atoms with E-state index in [0.717, 1.165) is 34.7 Å². The number of nitrogens with zero attached hydrogens (tertiary/aromatic N) is 4. The minimum absolute atomic E-state index is 0.0169. The molecule has 4 rings (SSSR count). The Morgan fingerprint density at radius 2 is 2.10 bits per heavy atom. The van der Waals surface area contributed by atoms with E-state index >= 15 is 0 Å². The molecule has 3 N–H and O–H groups in total. The van der Waals surface area contributed by atoms with Crippen molar-refractivity contribution >= 4 is 35.0 Å². The molecule has 0 spiro atoms. The second-order valence-electron chi connectivity index (χ2n) is 6.89. The van der Waals surface area contributed by atoms with Crippen LogP contribution in [-0.4, -0.2) is 39.8 Å². The number of hydrogen-bond acceptors (Lipinski definition) is 8. The van der Waals surface area contributed by atoms with Crippen LogP contribution in [0.2, 0.25) is 0 Å². The van der Waals surface area contributed by atoms with Gasteiger partial charge in [-0.15, -0.1) is 0 Å². The predicted molar refractivity (Wildman–Crippen MR) is 117 cm³/mol. The van der Waals surface area contributed by atoms with Crippen molar-refractivity contribution in [3.63, 3.8) is 0 Å². The first-order valence-electron chi connectivity index (χ1n) is 9.53. The Labute approximate surface area is 178 Å². The quantitative estimate of drug-likeness (QED) is 0.473. The number of benzene rings is 1. The van der Waals surface area contributed by atoms with Gasteiger partial charge in [0.05, 0.1) is 28.9 Å². The molecule has 156 valence electrons. The lowest BCUT2D eigenvalue weighted by Gasteiger charge is -2.16. The van der Waals surface area contributed by atoms with Gasteiger partial charge in [-0.25, -0.2) is 9.97 Å². The number of aromatic nitrogens is 4. The largest absolute Gasteiger partial charge is 0.494 e. The summed E-state index contributed by atoms with van der Waals surface area (Å²) in [5, 5.41) is 10.7. The van der Waals surface area contributed by atoms with E-state index < -0.39 is 0 Å². The summed E-state index contributed by atoms with van der Waals surface area (Å²) in [6.45, 7) is 0. The molecule has 1 saturated carbocycles. The molecule has 30 heavy (non-hydrogen) atoms. The van der Waals surface area contributed by atoms with Crippen molar-refractivity contribution in [2.75, 3.05) is 24.8 Å². The first-order chi connectivity index (χ1) is 14.6. The Kier molecular flexibility index (Phi) is 5.86. The van der Waals surface area contributed by atoms with Gasteiger partial charge >= 0.3 is 0 Å². The lowest BCUT2D eigenvalue weighted by molar-refractivity contribution is -0.117. The van der Waals surface area contributed by atoms with Crippen molar-refractivity contribution < 1.29 is 9.53 Å². The number of aryl methyl sites for hydroxylation is 1. The number of nitrogens with one attached hydrogen (secondary N) is 3. The Morgan fingerprint density at radius 3 is 2.77 bits per heavy atom. The van der Waals surface area contributed by atoms with Crippen LogP contribution in [0.5, 0.6) is 5.75 Å². The highest BCUT2D eigenvalue weighted by atomic mass is 32.2. The first kappa shape index (κ1) is 20.2. The summed E-state index contributed by atoms with van der Waals surface area (Å²) in [4.78, 5) is 21.7. The van der Waals surface area contributed by atoms with E-state index in [4.69, 9.17) is 4.74 Å². The SMILES string of the molecule is CNSc1cnc(NC(=O)C2CC2)cc1Nc1cccc(-c2ncn(C)n2)c1OC. The van der Waals surface area contributed by atoms with Gasteiger partial charge in [-0.1, -0.05) is 6.07 Å². The van der Waals surface area contributed by atoms with Crippen LogP contribution in [0.25, 0.3) is 11.4 Å². The summed E-state index contributed by atoms with van der Waals surface area (Å²) in [5.74, 6) is 1.84. The number of hydrogen-bond donors (Lipinski definition) is 3. The molecule has 1 aliphatic carbocycles. The maximum absolute atomic E-state index is 12.1. The number of carbonyl (C=O) groups is 1. The van der Waals surface area contributed by atoms with Gasteiger partial charge in [0, 0.05) is 25.2 Å². The Hall–Kier alpha value is -3.11. The highest BCUT2D eigenvalue weighted by Crippen LogP contribution is 2.38. The van der Waals surface area contributed by atoms with E-state index in [-0.39, 0.29) is 11.8 Å². The van der Waals surface area contributed by atoms with Gasteiger partial charge in [-0.3, -0.25) is 14.2 Å². The van der Waals surface area contributed by atoms with Crippen LogP contribution >= 0.6 is 11.9 Å². The Balaban J connectivity index is 1.67. The van der Waals surface area contributed by atoms with E-state index in [2.05, 4.69) is 30.4 Å². The van der Waals surface area contributed by atoms with Gasteiger partial charge in [0.1, 0.15) is 12.1 Å². The average Bonchev–Trinajstić information content (AvgIpc) is 3.51. The topological polar surface area (TPSA) is 106 Å². The van der Waals surface area contributed by atoms with Crippen LogP contribution in [0.1, 0.15) is 12.8 Å². The fourth-order valence-corrected chi connectivity index (χ4v) is 3.56. The molecule has 1 aliphatic rings. The molecule has 1 fully saturated rings. The molecule has 0 aliphatic heterocycles. The molecular weight excluding hydrogens is 402 g/mol. The second kappa shape index (κ2) is 8.72. The molecule has 0 saturated heterocycles. The van der Waals surface area contributed by atoms with Gasteiger partial charge in [0.15, 0.2) is 11.6 Å². The minimum atomic E-state index is 0.0169. The summed E-state index contributed by atoms with van der Waals surface area (Å²) < 4.78 is 10.4. The number of pyridine rings is 1. The fourth-order valence-electron chi connectivity index (χ4n) is 3.01. The van der Waals surface area contributed by atoms with E-state index in [9.17, 15) is 4.79 Å². The highest BCUT2D eigenvalue weighted by molar-refractivity contribution is 7.97. The summed E-state index contributed by atoms with van der Waals surface area (Å²) in [6, 6.07) is 7.57. The molecule has 3 aromatic rings. The van der Waals surface area contributed by atoms with Crippen molar-refractivity contribution in [3.05, 3.63) is 36.8 Å². The number of methoxy groups -OCH3 is 1. The van der Waals surface area contributed by atoms with Crippen LogP contribution in [0.15, 0.2) is 41.7 Å². The van der Waals surface area contributed by atoms with Crippen LogP contribution in [0.3, 0.4) is 0 Å². The molecule has 2 aromatic heterocycles. The second-order valence-corrected chi connectivity index (χ2v) is 7.94. The van der Waals surface area contributed by atoms with Crippen LogP contribution in [-0.2, 0) is 11.8 Å². The zero-order valence-electron chi connectivity index (χ0n) is 17.0.